The first-order valence-electron chi connectivity index (χ1n) is 15.0. The predicted octanol–water partition coefficient (Wildman–Crippen LogP) is 10.2. The average Bonchev–Trinajstić information content (AvgIpc) is 3.57. The van der Waals surface area contributed by atoms with Gasteiger partial charge in [-0.25, -0.2) is 0 Å². The van der Waals surface area contributed by atoms with E-state index in [9.17, 15) is 0 Å². The summed E-state index contributed by atoms with van der Waals surface area (Å²) in [4.78, 5) is 10.8. The maximum Gasteiger partial charge on any atom is 0.226 e. The maximum absolute atomic E-state index is 6.24. The molecule has 0 fully saturated rings. The van der Waals surface area contributed by atoms with Crippen molar-refractivity contribution in [1.29, 1.82) is 0 Å². The van der Waals surface area contributed by atoms with E-state index in [2.05, 4.69) is 121 Å². The summed E-state index contributed by atoms with van der Waals surface area (Å²) >= 11 is 0. The van der Waals surface area contributed by atoms with Gasteiger partial charge in [-0.15, -0.1) is 0 Å². The summed E-state index contributed by atoms with van der Waals surface area (Å²) in [6.45, 7) is 9.19. The van der Waals surface area contributed by atoms with Crippen molar-refractivity contribution in [1.82, 2.24) is 4.98 Å². The Morgan fingerprint density at radius 1 is 0.773 bits per heavy atom. The lowest BCUT2D eigenvalue weighted by atomic mass is 9.81. The summed E-state index contributed by atoms with van der Waals surface area (Å²) in [5.41, 5.74) is 13.8. The van der Waals surface area contributed by atoms with Gasteiger partial charge < -0.3 is 9.32 Å². The zero-order valence-corrected chi connectivity index (χ0v) is 24.8. The van der Waals surface area contributed by atoms with Gasteiger partial charge >= 0.3 is 0 Å². The lowest BCUT2D eigenvalue weighted by Gasteiger charge is -2.23. The normalized spacial score (nSPS) is 14.8. The molecule has 0 amide bonds. The third kappa shape index (κ3) is 4.14. The molecule has 0 radical (unpaired) electrons. The van der Waals surface area contributed by atoms with Gasteiger partial charge in [0.05, 0.1) is 0 Å². The Balaban J connectivity index is 1.14. The molecule has 212 valence electrons. The molecule has 6 aromatic rings. The Kier molecular flexibility index (Phi) is 5.98. The predicted molar refractivity (Wildman–Crippen MR) is 183 cm³/mol. The molecule has 0 atom stereocenters. The maximum atomic E-state index is 6.24. The molecule has 0 saturated heterocycles. The fourth-order valence-corrected chi connectivity index (χ4v) is 6.74. The van der Waals surface area contributed by atoms with Crippen LogP contribution in [-0.2, 0) is 5.41 Å². The van der Waals surface area contributed by atoms with Crippen molar-refractivity contribution in [2.24, 2.45) is 4.99 Å². The number of anilines is 1. The Morgan fingerprint density at radius 3 is 2.23 bits per heavy atom. The van der Waals surface area contributed by atoms with Crippen LogP contribution >= 0.6 is 0 Å². The highest BCUT2D eigenvalue weighted by molar-refractivity contribution is 5.97. The molecule has 2 aromatic heterocycles. The molecular weight excluding hydrogens is 538 g/mol. The summed E-state index contributed by atoms with van der Waals surface area (Å²) < 4.78 is 6.24. The minimum Gasteiger partial charge on any atom is -0.438 e. The molecule has 44 heavy (non-hydrogen) atoms. The number of hydrogen-bond donors (Lipinski definition) is 0. The lowest BCUT2D eigenvalue weighted by molar-refractivity contribution is 0.610. The molecule has 2 aliphatic rings. The van der Waals surface area contributed by atoms with E-state index in [1.54, 1.807) is 0 Å². The number of pyridine rings is 1. The largest absolute Gasteiger partial charge is 0.438 e. The topological polar surface area (TPSA) is 41.6 Å². The highest BCUT2D eigenvalue weighted by Crippen LogP contribution is 2.50. The Labute approximate surface area is 257 Å². The van der Waals surface area contributed by atoms with Gasteiger partial charge in [0.25, 0.3) is 0 Å². The molecule has 0 spiro atoms. The fourth-order valence-electron chi connectivity index (χ4n) is 6.74. The average molecular weight is 570 g/mol. The SMILES string of the molecule is C=Nc1c(N2C=C(c3cccc(-c4ccc5c(c4)C(C)(C)c4cc(-c6cccnc6)ccc4-5)c3)C=CC2)oc2ccccc12. The molecular formula is C40H31N3O. The molecule has 0 unspecified atom stereocenters. The molecule has 0 bridgehead atoms. The minimum atomic E-state index is -0.116. The monoisotopic (exact) mass is 569 g/mol. The van der Waals surface area contributed by atoms with Gasteiger partial charge in [0.1, 0.15) is 11.3 Å². The molecule has 1 aliphatic heterocycles. The molecule has 3 heterocycles. The van der Waals surface area contributed by atoms with Crippen molar-refractivity contribution in [2.45, 2.75) is 19.3 Å². The number of rotatable bonds is 5. The number of nitrogens with zero attached hydrogens (tertiary/aromatic N) is 3. The van der Waals surface area contributed by atoms with Crippen LogP contribution in [0.3, 0.4) is 0 Å². The van der Waals surface area contributed by atoms with E-state index in [1.165, 1.54) is 38.9 Å². The van der Waals surface area contributed by atoms with E-state index in [-0.39, 0.29) is 5.41 Å². The van der Waals surface area contributed by atoms with Crippen LogP contribution in [0.1, 0.15) is 30.5 Å². The van der Waals surface area contributed by atoms with E-state index in [0.29, 0.717) is 12.4 Å². The number of benzene rings is 4. The number of aromatic nitrogens is 1. The second-order valence-corrected chi connectivity index (χ2v) is 12.0. The van der Waals surface area contributed by atoms with E-state index in [0.717, 1.165) is 33.4 Å². The van der Waals surface area contributed by atoms with Crippen molar-refractivity contribution < 1.29 is 4.42 Å². The third-order valence-electron chi connectivity index (χ3n) is 9.06. The van der Waals surface area contributed by atoms with Crippen LogP contribution in [0.25, 0.3) is 49.9 Å². The molecule has 0 N–H and O–H groups in total. The summed E-state index contributed by atoms with van der Waals surface area (Å²) in [5.74, 6) is 0.714. The Bertz CT molecular complexity index is 2150. The number of furan rings is 1. The zero-order chi connectivity index (χ0) is 29.8. The van der Waals surface area contributed by atoms with E-state index >= 15 is 0 Å². The van der Waals surface area contributed by atoms with Crippen LogP contribution in [0.5, 0.6) is 0 Å². The first-order chi connectivity index (χ1) is 21.5. The van der Waals surface area contributed by atoms with E-state index < -0.39 is 0 Å². The molecule has 1 aliphatic carbocycles. The lowest BCUT2D eigenvalue weighted by Crippen LogP contribution is -2.18. The van der Waals surface area contributed by atoms with Gasteiger partial charge in [0.15, 0.2) is 0 Å². The summed E-state index contributed by atoms with van der Waals surface area (Å²) in [5, 5.41) is 0.971. The smallest absolute Gasteiger partial charge is 0.226 e. The van der Waals surface area contributed by atoms with Crippen LogP contribution < -0.4 is 4.90 Å². The van der Waals surface area contributed by atoms with Gasteiger partial charge in [0, 0.05) is 35.9 Å². The first kappa shape index (κ1) is 26.2. The summed E-state index contributed by atoms with van der Waals surface area (Å²) in [7, 11) is 0. The van der Waals surface area contributed by atoms with E-state index in [4.69, 9.17) is 4.42 Å². The Morgan fingerprint density at radius 2 is 1.48 bits per heavy atom. The van der Waals surface area contributed by atoms with Gasteiger partial charge in [-0.3, -0.25) is 9.98 Å². The number of allylic oxidation sites excluding steroid dienone is 2. The van der Waals surface area contributed by atoms with Gasteiger partial charge in [-0.2, -0.15) is 0 Å². The first-order valence-corrected chi connectivity index (χ1v) is 15.0. The minimum absolute atomic E-state index is 0.116. The third-order valence-corrected chi connectivity index (χ3v) is 9.06. The molecule has 4 aromatic carbocycles. The quantitative estimate of drug-likeness (QED) is 0.194. The summed E-state index contributed by atoms with van der Waals surface area (Å²) in [6.07, 6.45) is 10.2. The zero-order valence-electron chi connectivity index (χ0n) is 24.8. The second kappa shape index (κ2) is 10.1. The van der Waals surface area contributed by atoms with Crippen LogP contribution in [0, 0.1) is 0 Å². The van der Waals surface area contributed by atoms with Gasteiger partial charge in [-0.05, 0) is 98.8 Å². The number of hydrogen-bond acceptors (Lipinski definition) is 4. The highest BCUT2D eigenvalue weighted by Gasteiger charge is 2.36. The number of aliphatic imine (C=N–C) groups is 1. The molecule has 8 rings (SSSR count). The van der Waals surface area contributed by atoms with Gasteiger partial charge in [0.2, 0.25) is 5.88 Å². The van der Waals surface area contributed by atoms with Crippen LogP contribution in [-0.4, -0.2) is 18.2 Å². The van der Waals surface area contributed by atoms with Crippen LogP contribution in [0.15, 0.2) is 137 Å². The van der Waals surface area contributed by atoms with Crippen LogP contribution in [0.4, 0.5) is 11.6 Å². The molecule has 4 nitrogen and oxygen atoms in total. The van der Waals surface area contributed by atoms with Crippen molar-refractivity contribution in [3.8, 4) is 33.4 Å². The molecule has 4 heteroatoms. The van der Waals surface area contributed by atoms with Crippen molar-refractivity contribution in [2.75, 3.05) is 11.4 Å². The van der Waals surface area contributed by atoms with Gasteiger partial charge in [-0.1, -0.05) is 86.7 Å². The van der Waals surface area contributed by atoms with Crippen molar-refractivity contribution in [3.05, 3.63) is 144 Å². The number of fused-ring (bicyclic) bond motifs is 4. The standard InChI is InChI=1S/C40H31N3O/c1-40(2)35-22-28(15-17-32(35)33-18-16-29(23-36(33)40)30-11-7-19-42-24-30)26-9-6-10-27(21-26)31-12-8-20-43(25-31)39-38(41-3)34-13-4-5-14-37(34)44-39/h4-19,21-25H,3,20H2,1-2H3. The van der Waals surface area contributed by atoms with Crippen molar-refractivity contribution in [3.63, 3.8) is 0 Å². The summed E-state index contributed by atoms with van der Waals surface area (Å²) in [6, 6.07) is 34.6. The van der Waals surface area contributed by atoms with Crippen molar-refractivity contribution >= 4 is 34.8 Å². The fraction of sp³-hybridized carbons (Fsp3) is 0.100. The Hall–Kier alpha value is -5.48. The van der Waals surface area contributed by atoms with E-state index in [1.807, 2.05) is 42.7 Å². The highest BCUT2D eigenvalue weighted by atomic mass is 16.4. The number of para-hydroxylation sites is 1. The second-order valence-electron chi connectivity index (χ2n) is 12.0. The van der Waals surface area contributed by atoms with Crippen LogP contribution in [0.2, 0.25) is 0 Å². The molecule has 0 saturated carbocycles.